The van der Waals surface area contributed by atoms with Gasteiger partial charge in [0.1, 0.15) is 11.3 Å². The molecule has 0 fully saturated rings. The fourth-order valence-electron chi connectivity index (χ4n) is 1.66. The number of furan rings is 1. The van der Waals surface area contributed by atoms with Gasteiger partial charge in [0.15, 0.2) is 0 Å². The van der Waals surface area contributed by atoms with E-state index in [1.807, 2.05) is 0 Å². The molecule has 1 N–H and O–H groups in total. The second kappa shape index (κ2) is 4.02. The van der Waals surface area contributed by atoms with Crippen molar-refractivity contribution in [2.24, 2.45) is 0 Å². The SMILES string of the molecule is CN(c1c(C(=O)O)oc2ccccc12)S(C)(=O)=O. The molecule has 18 heavy (non-hydrogen) atoms. The highest BCUT2D eigenvalue weighted by Gasteiger charge is 2.26. The lowest BCUT2D eigenvalue weighted by Gasteiger charge is -2.15. The fourth-order valence-corrected chi connectivity index (χ4v) is 2.17. The molecule has 0 saturated heterocycles. The molecule has 0 atom stereocenters. The summed E-state index contributed by atoms with van der Waals surface area (Å²) in [5.74, 6) is -1.69. The van der Waals surface area contributed by atoms with Crippen molar-refractivity contribution in [1.29, 1.82) is 0 Å². The van der Waals surface area contributed by atoms with Gasteiger partial charge in [0.2, 0.25) is 15.8 Å². The minimum atomic E-state index is -3.56. The van der Waals surface area contributed by atoms with Crippen molar-refractivity contribution >= 4 is 32.6 Å². The molecule has 0 aliphatic heterocycles. The van der Waals surface area contributed by atoms with Crippen LogP contribution in [0.2, 0.25) is 0 Å². The first-order valence-corrected chi connectivity index (χ1v) is 6.86. The van der Waals surface area contributed by atoms with Crippen LogP contribution in [0.4, 0.5) is 5.69 Å². The summed E-state index contributed by atoms with van der Waals surface area (Å²) < 4.78 is 29.2. The van der Waals surface area contributed by atoms with E-state index in [1.165, 1.54) is 7.05 Å². The third-order valence-electron chi connectivity index (χ3n) is 2.58. The molecule has 1 heterocycles. The van der Waals surface area contributed by atoms with E-state index in [2.05, 4.69) is 0 Å². The number of nitrogens with zero attached hydrogens (tertiary/aromatic N) is 1. The van der Waals surface area contributed by atoms with Crippen LogP contribution in [0, 0.1) is 0 Å². The van der Waals surface area contributed by atoms with Crippen molar-refractivity contribution in [3.8, 4) is 0 Å². The van der Waals surface area contributed by atoms with Gasteiger partial charge in [-0.3, -0.25) is 4.31 Å². The van der Waals surface area contributed by atoms with Crippen LogP contribution in [0.5, 0.6) is 0 Å². The Balaban J connectivity index is 2.82. The number of anilines is 1. The largest absolute Gasteiger partial charge is 0.475 e. The molecule has 0 bridgehead atoms. The Kier molecular flexibility index (Phi) is 2.78. The van der Waals surface area contributed by atoms with Crippen LogP contribution < -0.4 is 4.31 Å². The van der Waals surface area contributed by atoms with Gasteiger partial charge in [0.05, 0.1) is 6.26 Å². The molecule has 0 unspecified atom stereocenters. The molecule has 0 spiro atoms. The lowest BCUT2D eigenvalue weighted by molar-refractivity contribution is 0.0666. The number of para-hydroxylation sites is 1. The van der Waals surface area contributed by atoms with Gasteiger partial charge >= 0.3 is 5.97 Å². The highest BCUT2D eigenvalue weighted by Crippen LogP contribution is 2.34. The molecular weight excluding hydrogens is 258 g/mol. The summed E-state index contributed by atoms with van der Waals surface area (Å²) in [5, 5.41) is 9.51. The summed E-state index contributed by atoms with van der Waals surface area (Å²) in [6.07, 6.45) is 1.00. The average Bonchev–Trinajstić information content (AvgIpc) is 2.65. The van der Waals surface area contributed by atoms with Crippen LogP contribution in [-0.4, -0.2) is 32.8 Å². The Morgan fingerprint density at radius 1 is 1.33 bits per heavy atom. The maximum absolute atomic E-state index is 11.5. The van der Waals surface area contributed by atoms with Gasteiger partial charge in [-0.1, -0.05) is 12.1 Å². The van der Waals surface area contributed by atoms with E-state index < -0.39 is 16.0 Å². The number of fused-ring (bicyclic) bond motifs is 1. The molecule has 2 rings (SSSR count). The first kappa shape index (κ1) is 12.4. The van der Waals surface area contributed by atoms with E-state index in [0.717, 1.165) is 10.6 Å². The van der Waals surface area contributed by atoms with E-state index in [4.69, 9.17) is 9.52 Å². The van der Waals surface area contributed by atoms with Gasteiger partial charge in [-0.15, -0.1) is 0 Å². The Morgan fingerprint density at radius 2 is 1.94 bits per heavy atom. The van der Waals surface area contributed by atoms with Crippen LogP contribution in [0.3, 0.4) is 0 Å². The van der Waals surface area contributed by atoms with Crippen LogP contribution >= 0.6 is 0 Å². The number of sulfonamides is 1. The smallest absolute Gasteiger partial charge is 0.374 e. The monoisotopic (exact) mass is 269 g/mol. The second-order valence-corrected chi connectivity index (χ2v) is 5.83. The maximum atomic E-state index is 11.5. The molecule has 0 radical (unpaired) electrons. The standard InChI is InChI=1S/C11H11NO5S/c1-12(18(2,15)16)9-7-5-3-4-6-8(7)17-10(9)11(13)14/h3-6H,1-2H3,(H,13,14). The quantitative estimate of drug-likeness (QED) is 0.912. The predicted molar refractivity (Wildman–Crippen MR) is 66.4 cm³/mol. The van der Waals surface area contributed by atoms with Crippen LogP contribution in [0.1, 0.15) is 10.6 Å². The lowest BCUT2D eigenvalue weighted by atomic mass is 10.2. The average molecular weight is 269 g/mol. The second-order valence-electron chi connectivity index (χ2n) is 3.81. The number of hydrogen-bond acceptors (Lipinski definition) is 4. The molecule has 96 valence electrons. The van der Waals surface area contributed by atoms with Crippen molar-refractivity contribution in [3.63, 3.8) is 0 Å². The van der Waals surface area contributed by atoms with Crippen LogP contribution in [-0.2, 0) is 10.0 Å². The van der Waals surface area contributed by atoms with E-state index in [9.17, 15) is 13.2 Å². The molecule has 0 saturated carbocycles. The predicted octanol–water partition coefficient (Wildman–Crippen LogP) is 1.53. The zero-order valence-corrected chi connectivity index (χ0v) is 10.6. The van der Waals surface area contributed by atoms with Gasteiger partial charge in [-0.05, 0) is 12.1 Å². The summed E-state index contributed by atoms with van der Waals surface area (Å²) in [4.78, 5) is 11.1. The highest BCUT2D eigenvalue weighted by atomic mass is 32.2. The van der Waals surface area contributed by atoms with Gasteiger partial charge < -0.3 is 9.52 Å². The Hall–Kier alpha value is -2.02. The molecular formula is C11H11NO5S. The minimum absolute atomic E-state index is 0.0422. The number of benzene rings is 1. The number of carbonyl (C=O) groups is 1. The Bertz CT molecular complexity index is 716. The van der Waals surface area contributed by atoms with Crippen molar-refractivity contribution in [1.82, 2.24) is 0 Å². The fraction of sp³-hybridized carbons (Fsp3) is 0.182. The van der Waals surface area contributed by atoms with Crippen LogP contribution in [0.25, 0.3) is 11.0 Å². The summed E-state index contributed by atoms with van der Waals surface area (Å²) in [7, 11) is -2.27. The van der Waals surface area contributed by atoms with Crippen LogP contribution in [0.15, 0.2) is 28.7 Å². The van der Waals surface area contributed by atoms with E-state index >= 15 is 0 Å². The first-order valence-electron chi connectivity index (χ1n) is 5.01. The number of rotatable bonds is 3. The van der Waals surface area contributed by atoms with Crippen molar-refractivity contribution in [2.45, 2.75) is 0 Å². The molecule has 0 amide bonds. The minimum Gasteiger partial charge on any atom is -0.475 e. The number of carboxylic acids is 1. The summed E-state index contributed by atoms with van der Waals surface area (Å²) in [6, 6.07) is 6.56. The van der Waals surface area contributed by atoms with Gasteiger partial charge in [0, 0.05) is 12.4 Å². The summed E-state index contributed by atoms with van der Waals surface area (Å²) >= 11 is 0. The zero-order chi connectivity index (χ0) is 13.5. The van der Waals surface area contributed by atoms with Gasteiger partial charge in [0.25, 0.3) is 0 Å². The number of carboxylic acid groups (broad SMARTS) is 1. The molecule has 2 aromatic rings. The molecule has 0 aliphatic rings. The molecule has 1 aromatic carbocycles. The lowest BCUT2D eigenvalue weighted by Crippen LogP contribution is -2.26. The van der Waals surface area contributed by atoms with Gasteiger partial charge in [-0.2, -0.15) is 0 Å². The number of aromatic carboxylic acids is 1. The normalized spacial score (nSPS) is 11.7. The molecule has 1 aromatic heterocycles. The first-order chi connectivity index (χ1) is 8.32. The molecule has 0 aliphatic carbocycles. The van der Waals surface area contributed by atoms with Crippen molar-refractivity contribution < 1.29 is 22.7 Å². The number of hydrogen-bond donors (Lipinski definition) is 1. The molecule has 6 nitrogen and oxygen atoms in total. The van der Waals surface area contributed by atoms with E-state index in [0.29, 0.717) is 11.0 Å². The van der Waals surface area contributed by atoms with E-state index in [1.54, 1.807) is 24.3 Å². The zero-order valence-electron chi connectivity index (χ0n) is 9.75. The third-order valence-corrected chi connectivity index (χ3v) is 3.75. The summed E-state index contributed by atoms with van der Waals surface area (Å²) in [5.41, 5.74) is 0.376. The molecule has 7 heteroatoms. The maximum Gasteiger partial charge on any atom is 0.374 e. The third kappa shape index (κ3) is 1.92. The Morgan fingerprint density at radius 3 is 2.50 bits per heavy atom. The summed E-state index contributed by atoms with van der Waals surface area (Å²) in [6.45, 7) is 0. The topological polar surface area (TPSA) is 87.8 Å². The highest BCUT2D eigenvalue weighted by molar-refractivity contribution is 7.92. The van der Waals surface area contributed by atoms with Gasteiger partial charge in [-0.25, -0.2) is 13.2 Å². The Labute approximate surface area is 103 Å². The van der Waals surface area contributed by atoms with Crippen molar-refractivity contribution in [3.05, 3.63) is 30.0 Å². The van der Waals surface area contributed by atoms with E-state index in [-0.39, 0.29) is 11.4 Å². The van der Waals surface area contributed by atoms with Crippen molar-refractivity contribution in [2.75, 3.05) is 17.6 Å².